The molecule has 5 nitrogen and oxygen atoms in total. The van der Waals surface area contributed by atoms with E-state index in [0.717, 1.165) is 11.8 Å². The fourth-order valence-electron chi connectivity index (χ4n) is 2.03. The highest BCUT2D eigenvalue weighted by Gasteiger charge is 2.37. The SMILES string of the molecule is CC[C@H](C)N1C(=O)S/C(=C\c2cc(Cl)c(O)c(OC)c2)C1=O. The minimum absolute atomic E-state index is 0.117. The second-order valence-electron chi connectivity index (χ2n) is 4.86. The number of phenols is 1. The van der Waals surface area contributed by atoms with Crippen LogP contribution in [0, 0.1) is 0 Å². The van der Waals surface area contributed by atoms with Gasteiger partial charge < -0.3 is 9.84 Å². The van der Waals surface area contributed by atoms with Gasteiger partial charge in [-0.15, -0.1) is 0 Å². The standard InChI is InChI=1S/C15H16ClNO4S/c1-4-8(2)17-14(19)12(22-15(17)20)7-9-5-10(16)13(18)11(6-9)21-3/h5-8,18H,4H2,1-3H3/b12-7-/t8-/m0/s1. The first-order valence-corrected chi connectivity index (χ1v) is 7.92. The van der Waals surface area contributed by atoms with Crippen molar-refractivity contribution in [3.63, 3.8) is 0 Å². The molecule has 0 bridgehead atoms. The number of imide groups is 1. The van der Waals surface area contributed by atoms with Crippen LogP contribution >= 0.6 is 23.4 Å². The number of nitrogens with zero attached hydrogens (tertiary/aromatic N) is 1. The Morgan fingerprint density at radius 2 is 2.14 bits per heavy atom. The molecule has 1 aromatic carbocycles. The van der Waals surface area contributed by atoms with E-state index >= 15 is 0 Å². The molecular formula is C15H16ClNO4S. The van der Waals surface area contributed by atoms with Gasteiger partial charge in [0.25, 0.3) is 11.1 Å². The lowest BCUT2D eigenvalue weighted by Crippen LogP contribution is -2.36. The van der Waals surface area contributed by atoms with Crippen molar-refractivity contribution in [2.24, 2.45) is 0 Å². The van der Waals surface area contributed by atoms with Gasteiger partial charge in [0.05, 0.1) is 17.0 Å². The molecule has 1 fully saturated rings. The quantitative estimate of drug-likeness (QED) is 0.841. The Bertz CT molecular complexity index is 659. The average Bonchev–Trinajstić information content (AvgIpc) is 2.76. The lowest BCUT2D eigenvalue weighted by Gasteiger charge is -2.19. The van der Waals surface area contributed by atoms with Crippen LogP contribution in [0.5, 0.6) is 11.5 Å². The number of halogens is 1. The first-order valence-electron chi connectivity index (χ1n) is 6.72. The molecule has 0 spiro atoms. The van der Waals surface area contributed by atoms with Crippen LogP contribution in [-0.4, -0.2) is 34.3 Å². The number of phenolic OH excluding ortho intramolecular Hbond substituents is 1. The predicted molar refractivity (Wildman–Crippen MR) is 87.2 cm³/mol. The Morgan fingerprint density at radius 3 is 2.73 bits per heavy atom. The molecule has 0 saturated carbocycles. The number of amides is 2. The zero-order chi connectivity index (χ0) is 16.4. The summed E-state index contributed by atoms with van der Waals surface area (Å²) in [5, 5.41) is 9.55. The molecule has 2 rings (SSSR count). The van der Waals surface area contributed by atoms with Crippen molar-refractivity contribution in [3.8, 4) is 11.5 Å². The Morgan fingerprint density at radius 1 is 1.45 bits per heavy atom. The summed E-state index contributed by atoms with van der Waals surface area (Å²) < 4.78 is 5.02. The topological polar surface area (TPSA) is 66.8 Å². The average molecular weight is 342 g/mol. The molecule has 118 valence electrons. The highest BCUT2D eigenvalue weighted by molar-refractivity contribution is 8.18. The van der Waals surface area contributed by atoms with Crippen LogP contribution in [-0.2, 0) is 4.79 Å². The Hall–Kier alpha value is -1.66. The molecule has 1 N–H and O–H groups in total. The number of benzene rings is 1. The number of thioether (sulfide) groups is 1. The summed E-state index contributed by atoms with van der Waals surface area (Å²) in [5.41, 5.74) is 0.578. The lowest BCUT2D eigenvalue weighted by molar-refractivity contribution is -0.124. The van der Waals surface area contributed by atoms with E-state index in [-0.39, 0.29) is 33.7 Å². The van der Waals surface area contributed by atoms with E-state index < -0.39 is 0 Å². The minimum Gasteiger partial charge on any atom is -0.503 e. The van der Waals surface area contributed by atoms with Gasteiger partial charge in [-0.3, -0.25) is 14.5 Å². The third kappa shape index (κ3) is 3.08. The van der Waals surface area contributed by atoms with Gasteiger partial charge in [0.1, 0.15) is 0 Å². The molecular weight excluding hydrogens is 326 g/mol. The van der Waals surface area contributed by atoms with Crippen LogP contribution < -0.4 is 4.74 Å². The molecule has 1 aliphatic rings. The normalized spacial score (nSPS) is 18.2. The summed E-state index contributed by atoms with van der Waals surface area (Å²) in [6.07, 6.45) is 2.27. The van der Waals surface area contributed by atoms with Crippen molar-refractivity contribution in [2.45, 2.75) is 26.3 Å². The van der Waals surface area contributed by atoms with E-state index in [1.54, 1.807) is 12.1 Å². The summed E-state index contributed by atoms with van der Waals surface area (Å²) in [4.78, 5) is 25.9. The van der Waals surface area contributed by atoms with Crippen LogP contribution in [0.3, 0.4) is 0 Å². The van der Waals surface area contributed by atoms with Crippen LogP contribution in [0.15, 0.2) is 17.0 Å². The number of carbonyl (C=O) groups is 2. The van der Waals surface area contributed by atoms with Crippen molar-refractivity contribution in [2.75, 3.05) is 7.11 Å². The summed E-state index contributed by atoms with van der Waals surface area (Å²) in [6, 6.07) is 2.92. The third-order valence-electron chi connectivity index (χ3n) is 3.42. The van der Waals surface area contributed by atoms with E-state index in [9.17, 15) is 14.7 Å². The van der Waals surface area contributed by atoms with E-state index in [0.29, 0.717) is 16.9 Å². The van der Waals surface area contributed by atoms with Crippen molar-refractivity contribution in [1.29, 1.82) is 0 Å². The van der Waals surface area contributed by atoms with E-state index in [1.807, 2.05) is 13.8 Å². The highest BCUT2D eigenvalue weighted by atomic mass is 35.5. The van der Waals surface area contributed by atoms with Crippen molar-refractivity contribution >= 4 is 40.6 Å². The minimum atomic E-state index is -0.312. The molecule has 1 atom stereocenters. The second kappa shape index (κ2) is 6.62. The zero-order valence-electron chi connectivity index (χ0n) is 12.4. The molecule has 1 aliphatic heterocycles. The molecule has 7 heteroatoms. The smallest absolute Gasteiger partial charge is 0.293 e. The van der Waals surface area contributed by atoms with Gasteiger partial charge in [-0.1, -0.05) is 18.5 Å². The number of rotatable bonds is 4. The van der Waals surface area contributed by atoms with Crippen molar-refractivity contribution in [3.05, 3.63) is 27.6 Å². The fourth-order valence-corrected chi connectivity index (χ4v) is 3.18. The number of carbonyl (C=O) groups excluding carboxylic acids is 2. The molecule has 0 aromatic heterocycles. The number of methoxy groups -OCH3 is 1. The van der Waals surface area contributed by atoms with Crippen molar-refractivity contribution < 1.29 is 19.4 Å². The summed E-state index contributed by atoms with van der Waals surface area (Å²) >= 11 is 6.82. The van der Waals surface area contributed by atoms with E-state index in [1.165, 1.54) is 18.1 Å². The van der Waals surface area contributed by atoms with Gasteiger partial charge in [-0.05, 0) is 48.9 Å². The summed E-state index contributed by atoms with van der Waals surface area (Å²) in [7, 11) is 1.41. The largest absolute Gasteiger partial charge is 0.503 e. The molecule has 0 radical (unpaired) electrons. The molecule has 1 aromatic rings. The lowest BCUT2D eigenvalue weighted by atomic mass is 10.1. The van der Waals surface area contributed by atoms with Gasteiger partial charge in [0.15, 0.2) is 11.5 Å². The summed E-state index contributed by atoms with van der Waals surface area (Å²) in [6.45, 7) is 3.75. The maximum atomic E-state index is 12.3. The Kier molecular flexibility index (Phi) is 5.03. The third-order valence-corrected chi connectivity index (χ3v) is 4.60. The number of aromatic hydroxyl groups is 1. The molecule has 2 amide bonds. The number of hydrogen-bond acceptors (Lipinski definition) is 5. The Labute approximate surface area is 137 Å². The van der Waals surface area contributed by atoms with Crippen LogP contribution in [0.4, 0.5) is 4.79 Å². The molecule has 0 unspecified atom stereocenters. The monoisotopic (exact) mass is 341 g/mol. The fraction of sp³-hybridized carbons (Fsp3) is 0.333. The maximum absolute atomic E-state index is 12.3. The Balaban J connectivity index is 2.37. The zero-order valence-corrected chi connectivity index (χ0v) is 14.0. The first kappa shape index (κ1) is 16.7. The van der Waals surface area contributed by atoms with Crippen LogP contribution in [0.25, 0.3) is 6.08 Å². The number of ether oxygens (including phenoxy) is 1. The van der Waals surface area contributed by atoms with E-state index in [2.05, 4.69) is 0 Å². The summed E-state index contributed by atoms with van der Waals surface area (Å²) in [5.74, 6) is -0.263. The van der Waals surface area contributed by atoms with Crippen LogP contribution in [0.2, 0.25) is 5.02 Å². The van der Waals surface area contributed by atoms with Gasteiger partial charge in [-0.2, -0.15) is 0 Å². The molecule has 1 heterocycles. The van der Waals surface area contributed by atoms with Gasteiger partial charge in [0, 0.05) is 6.04 Å². The molecule has 1 saturated heterocycles. The predicted octanol–water partition coefficient (Wildman–Crippen LogP) is 3.89. The van der Waals surface area contributed by atoms with Crippen LogP contribution in [0.1, 0.15) is 25.8 Å². The first-order chi connectivity index (χ1) is 10.4. The highest BCUT2D eigenvalue weighted by Crippen LogP contribution is 2.38. The number of hydrogen-bond donors (Lipinski definition) is 1. The van der Waals surface area contributed by atoms with Gasteiger partial charge in [0.2, 0.25) is 0 Å². The second-order valence-corrected chi connectivity index (χ2v) is 6.26. The van der Waals surface area contributed by atoms with Crippen molar-refractivity contribution in [1.82, 2.24) is 4.90 Å². The van der Waals surface area contributed by atoms with Gasteiger partial charge in [-0.25, -0.2) is 0 Å². The maximum Gasteiger partial charge on any atom is 0.293 e. The van der Waals surface area contributed by atoms with E-state index in [4.69, 9.17) is 16.3 Å². The molecule has 0 aliphatic carbocycles. The molecule has 22 heavy (non-hydrogen) atoms. The van der Waals surface area contributed by atoms with Gasteiger partial charge >= 0.3 is 0 Å².